The summed E-state index contributed by atoms with van der Waals surface area (Å²) in [6.45, 7) is 5.59. The van der Waals surface area contributed by atoms with Crippen LogP contribution in [0, 0.1) is 12.1 Å². The normalized spacial score (nSPS) is 23.6. The van der Waals surface area contributed by atoms with Crippen molar-refractivity contribution in [2.24, 2.45) is 0 Å². The van der Waals surface area contributed by atoms with Crippen LogP contribution in [0.15, 0.2) is 12.8 Å². The summed E-state index contributed by atoms with van der Waals surface area (Å²) in [7, 11) is 0. The molecule has 0 radical (unpaired) electrons. The molecule has 1 unspecified atom stereocenters. The standard InChI is InChI=1S/C6H8N2/c1-3-8-5-4-7-6(8)2/h3,6-7H,1H2,2H3. The average molecular weight is 108 g/mol. The maximum absolute atomic E-state index is 3.58. The van der Waals surface area contributed by atoms with Crippen LogP contribution in [0.2, 0.25) is 0 Å². The van der Waals surface area contributed by atoms with Crippen LogP contribution in [-0.2, 0) is 0 Å². The van der Waals surface area contributed by atoms with Gasteiger partial charge >= 0.3 is 0 Å². The van der Waals surface area contributed by atoms with Crippen molar-refractivity contribution in [3.63, 3.8) is 0 Å². The van der Waals surface area contributed by atoms with Crippen molar-refractivity contribution in [2.75, 3.05) is 0 Å². The minimum atomic E-state index is 0.271. The van der Waals surface area contributed by atoms with Crippen molar-refractivity contribution < 1.29 is 0 Å². The monoisotopic (exact) mass is 108 g/mol. The van der Waals surface area contributed by atoms with E-state index < -0.39 is 0 Å². The van der Waals surface area contributed by atoms with Crippen molar-refractivity contribution >= 4 is 0 Å². The number of hydrogen-bond donors (Lipinski definition) is 1. The Bertz CT molecular complexity index is 152. The molecule has 0 fully saturated rings. The van der Waals surface area contributed by atoms with Crippen molar-refractivity contribution in [2.45, 2.75) is 13.1 Å². The summed E-state index contributed by atoms with van der Waals surface area (Å²) < 4.78 is 0. The molecule has 0 aromatic rings. The van der Waals surface area contributed by atoms with Gasteiger partial charge in [0.2, 0.25) is 0 Å². The number of nitrogens with one attached hydrogen (secondary N) is 1. The molecule has 1 rings (SSSR count). The summed E-state index contributed by atoms with van der Waals surface area (Å²) in [5, 5.41) is 2.91. The van der Waals surface area contributed by atoms with E-state index in [4.69, 9.17) is 0 Å². The lowest BCUT2D eigenvalue weighted by Crippen LogP contribution is -2.28. The number of rotatable bonds is 1. The fourth-order valence-corrected chi connectivity index (χ4v) is 0.571. The van der Waals surface area contributed by atoms with Crippen molar-refractivity contribution in [3.05, 3.63) is 12.8 Å². The second kappa shape index (κ2) is 1.79. The first kappa shape index (κ1) is 5.04. The summed E-state index contributed by atoms with van der Waals surface area (Å²) in [5.74, 6) is 0. The van der Waals surface area contributed by atoms with E-state index in [-0.39, 0.29) is 6.17 Å². The Balaban J connectivity index is 2.57. The van der Waals surface area contributed by atoms with Gasteiger partial charge in [0.1, 0.15) is 6.17 Å². The van der Waals surface area contributed by atoms with Crippen LogP contribution in [0.4, 0.5) is 0 Å². The Hall–Kier alpha value is -1.10. The quantitative estimate of drug-likeness (QED) is 0.486. The van der Waals surface area contributed by atoms with Gasteiger partial charge in [-0.1, -0.05) is 6.58 Å². The molecule has 0 aromatic heterocycles. The summed E-state index contributed by atoms with van der Waals surface area (Å²) in [6, 6.07) is 5.54. The SMILES string of the molecule is C=CN1C#CNC1C. The minimum absolute atomic E-state index is 0.271. The van der Waals surface area contributed by atoms with Crippen molar-refractivity contribution in [1.29, 1.82) is 0 Å². The molecule has 2 heteroatoms. The molecule has 0 spiro atoms. The molecule has 42 valence electrons. The maximum Gasteiger partial charge on any atom is 0.115 e. The van der Waals surface area contributed by atoms with Gasteiger partial charge in [0, 0.05) is 18.3 Å². The van der Waals surface area contributed by atoms with E-state index in [2.05, 4.69) is 24.0 Å². The van der Waals surface area contributed by atoms with Crippen molar-refractivity contribution in [3.8, 4) is 12.1 Å². The average Bonchev–Trinajstić information content (AvgIpc) is 2.14. The summed E-state index contributed by atoms with van der Waals surface area (Å²) >= 11 is 0. The van der Waals surface area contributed by atoms with Crippen LogP contribution in [0.3, 0.4) is 0 Å². The number of hydrogen-bond acceptors (Lipinski definition) is 2. The summed E-state index contributed by atoms with van der Waals surface area (Å²) in [4.78, 5) is 1.82. The highest BCUT2D eigenvalue weighted by Gasteiger charge is 2.07. The molecule has 1 atom stereocenters. The molecule has 0 saturated heterocycles. The third kappa shape index (κ3) is 0.627. The lowest BCUT2D eigenvalue weighted by atomic mass is 10.5. The van der Waals surface area contributed by atoms with Gasteiger partial charge in [0.15, 0.2) is 0 Å². The van der Waals surface area contributed by atoms with Crippen LogP contribution in [0.5, 0.6) is 0 Å². The fraction of sp³-hybridized carbons (Fsp3) is 0.333. The Morgan fingerprint density at radius 3 is 2.88 bits per heavy atom. The third-order valence-corrected chi connectivity index (χ3v) is 1.08. The highest BCUT2D eigenvalue weighted by atomic mass is 15.3. The Morgan fingerprint density at radius 1 is 1.88 bits per heavy atom. The topological polar surface area (TPSA) is 15.3 Å². The molecular formula is C6H8N2. The van der Waals surface area contributed by atoms with Gasteiger partial charge in [-0.25, -0.2) is 0 Å². The molecule has 0 bridgehead atoms. The molecular weight excluding hydrogens is 100 g/mol. The predicted octanol–water partition coefficient (Wildman–Crippen LogP) is 0.300. The van der Waals surface area contributed by atoms with Crippen LogP contribution in [0.25, 0.3) is 0 Å². The first-order chi connectivity index (χ1) is 3.84. The Labute approximate surface area is 49.2 Å². The summed E-state index contributed by atoms with van der Waals surface area (Å²) in [6.07, 6.45) is 1.98. The maximum atomic E-state index is 3.58. The molecule has 1 heterocycles. The van der Waals surface area contributed by atoms with Gasteiger partial charge in [-0.05, 0) is 6.92 Å². The van der Waals surface area contributed by atoms with Gasteiger partial charge < -0.3 is 5.32 Å². The zero-order valence-corrected chi connectivity index (χ0v) is 4.81. The van der Waals surface area contributed by atoms with Crippen LogP contribution in [0.1, 0.15) is 6.92 Å². The first-order valence-electron chi connectivity index (χ1n) is 2.51. The molecule has 0 aromatic carbocycles. The molecule has 1 aliphatic rings. The Kier molecular flexibility index (Phi) is 1.13. The minimum Gasteiger partial charge on any atom is -0.323 e. The van der Waals surface area contributed by atoms with Gasteiger partial charge in [0.25, 0.3) is 0 Å². The fourth-order valence-electron chi connectivity index (χ4n) is 0.571. The molecule has 1 N–H and O–H groups in total. The predicted molar refractivity (Wildman–Crippen MR) is 32.4 cm³/mol. The van der Waals surface area contributed by atoms with E-state index >= 15 is 0 Å². The lowest BCUT2D eigenvalue weighted by molar-refractivity contribution is 0.406. The first-order valence-corrected chi connectivity index (χ1v) is 2.51. The molecule has 8 heavy (non-hydrogen) atoms. The zero-order chi connectivity index (χ0) is 5.98. The smallest absolute Gasteiger partial charge is 0.115 e. The highest BCUT2D eigenvalue weighted by molar-refractivity contribution is 5.08. The largest absolute Gasteiger partial charge is 0.323 e. The van der Waals surface area contributed by atoms with Gasteiger partial charge in [0.05, 0.1) is 0 Å². The number of nitrogens with zero attached hydrogens (tertiary/aromatic N) is 1. The van der Waals surface area contributed by atoms with Crippen LogP contribution >= 0.6 is 0 Å². The van der Waals surface area contributed by atoms with E-state index in [9.17, 15) is 0 Å². The summed E-state index contributed by atoms with van der Waals surface area (Å²) in [5.41, 5.74) is 0. The second-order valence-electron chi connectivity index (χ2n) is 1.65. The molecule has 1 aliphatic heterocycles. The molecule has 2 nitrogen and oxygen atoms in total. The molecule has 0 aliphatic carbocycles. The molecule has 0 saturated carbocycles. The van der Waals surface area contributed by atoms with E-state index in [1.807, 2.05) is 11.8 Å². The van der Waals surface area contributed by atoms with Crippen molar-refractivity contribution in [1.82, 2.24) is 10.2 Å². The van der Waals surface area contributed by atoms with E-state index in [1.54, 1.807) is 6.20 Å². The molecule has 0 amide bonds. The third-order valence-electron chi connectivity index (χ3n) is 1.08. The van der Waals surface area contributed by atoms with E-state index in [0.717, 1.165) is 0 Å². The highest BCUT2D eigenvalue weighted by Crippen LogP contribution is 1.95. The van der Waals surface area contributed by atoms with Gasteiger partial charge in [-0.3, -0.25) is 4.90 Å². The van der Waals surface area contributed by atoms with E-state index in [1.165, 1.54) is 0 Å². The Morgan fingerprint density at radius 2 is 2.62 bits per heavy atom. The van der Waals surface area contributed by atoms with E-state index in [0.29, 0.717) is 0 Å². The van der Waals surface area contributed by atoms with Gasteiger partial charge in [-0.15, -0.1) is 0 Å². The van der Waals surface area contributed by atoms with Crippen LogP contribution < -0.4 is 5.32 Å². The van der Waals surface area contributed by atoms with Gasteiger partial charge in [-0.2, -0.15) is 0 Å². The second-order valence-corrected chi connectivity index (χ2v) is 1.65. The zero-order valence-electron chi connectivity index (χ0n) is 4.81. The lowest BCUT2D eigenvalue weighted by Gasteiger charge is -2.13. The van der Waals surface area contributed by atoms with Crippen LogP contribution in [-0.4, -0.2) is 11.1 Å².